The summed E-state index contributed by atoms with van der Waals surface area (Å²) in [5.74, 6) is 0. The molecule has 0 bridgehead atoms. The van der Waals surface area contributed by atoms with Gasteiger partial charge in [0, 0.05) is 50.7 Å². The van der Waals surface area contributed by atoms with Crippen LogP contribution in [0.15, 0.2) is 18.7 Å². The topological polar surface area (TPSA) is 50.3 Å². The molecule has 6 heteroatoms. The van der Waals surface area contributed by atoms with Gasteiger partial charge in [-0.05, 0) is 19.4 Å². The molecule has 2 aliphatic rings. The smallest absolute Gasteiger partial charge is 0.130 e. The number of hydrogen-bond donors (Lipinski definition) is 1. The van der Waals surface area contributed by atoms with Crippen LogP contribution in [0.1, 0.15) is 25.8 Å². The lowest BCUT2D eigenvalue weighted by atomic mass is 9.93. The summed E-state index contributed by atoms with van der Waals surface area (Å²) in [5.41, 5.74) is 6.26. The number of nitrogens with two attached hydrogens (primary N) is 1. The summed E-state index contributed by atoms with van der Waals surface area (Å²) in [6, 6.07) is 0.295. The van der Waals surface area contributed by atoms with Crippen LogP contribution >= 0.6 is 0 Å². The summed E-state index contributed by atoms with van der Waals surface area (Å²) >= 11 is 0. The highest BCUT2D eigenvalue weighted by atomic mass is 19.1. The highest BCUT2D eigenvalue weighted by Crippen LogP contribution is 2.27. The van der Waals surface area contributed by atoms with E-state index >= 15 is 0 Å². The van der Waals surface area contributed by atoms with E-state index < -0.39 is 6.17 Å². The number of halogens is 1. The molecule has 5 nitrogen and oxygen atoms in total. The van der Waals surface area contributed by atoms with Crippen LogP contribution in [0, 0.1) is 0 Å². The predicted molar refractivity (Wildman–Crippen MR) is 80.8 cm³/mol. The Labute approximate surface area is 125 Å². The minimum atomic E-state index is -0.835. The number of nitrogens with zero attached hydrogens (tertiary/aromatic N) is 4. The van der Waals surface area contributed by atoms with Gasteiger partial charge in [0.2, 0.25) is 0 Å². The van der Waals surface area contributed by atoms with Gasteiger partial charge in [-0.15, -0.1) is 0 Å². The Bertz CT molecular complexity index is 417. The molecular formula is C15H26FN5. The van der Waals surface area contributed by atoms with Gasteiger partial charge in [0.25, 0.3) is 0 Å². The Morgan fingerprint density at radius 1 is 1.29 bits per heavy atom. The normalized spacial score (nSPS) is 33.4. The second-order valence-electron chi connectivity index (χ2n) is 6.30. The lowest BCUT2D eigenvalue weighted by Crippen LogP contribution is -2.64. The minimum Gasteiger partial charge on any atom is -0.334 e. The fourth-order valence-electron chi connectivity index (χ4n) is 3.83. The molecule has 118 valence electrons. The van der Waals surface area contributed by atoms with E-state index in [1.165, 1.54) is 0 Å². The van der Waals surface area contributed by atoms with Crippen LogP contribution in [-0.4, -0.2) is 70.3 Å². The van der Waals surface area contributed by atoms with Gasteiger partial charge >= 0.3 is 0 Å². The van der Waals surface area contributed by atoms with E-state index in [9.17, 15) is 4.39 Å². The number of piperidine rings is 2. The monoisotopic (exact) mass is 295 g/mol. The van der Waals surface area contributed by atoms with E-state index in [0.29, 0.717) is 12.6 Å². The summed E-state index contributed by atoms with van der Waals surface area (Å²) in [6.07, 6.45) is 6.97. The molecule has 2 aliphatic heterocycles. The average Bonchev–Trinajstić information content (AvgIpc) is 3.01. The van der Waals surface area contributed by atoms with Crippen LogP contribution in [0.2, 0.25) is 0 Å². The van der Waals surface area contributed by atoms with Gasteiger partial charge in [-0.25, -0.2) is 9.37 Å². The molecule has 2 fully saturated rings. The second-order valence-corrected chi connectivity index (χ2v) is 6.30. The van der Waals surface area contributed by atoms with Gasteiger partial charge in [-0.2, -0.15) is 0 Å². The van der Waals surface area contributed by atoms with Crippen molar-refractivity contribution in [3.05, 3.63) is 18.7 Å². The van der Waals surface area contributed by atoms with Crippen LogP contribution < -0.4 is 5.73 Å². The Hall–Kier alpha value is -0.980. The zero-order valence-corrected chi connectivity index (χ0v) is 12.7. The van der Waals surface area contributed by atoms with Crippen LogP contribution in [0.25, 0.3) is 0 Å². The van der Waals surface area contributed by atoms with E-state index in [1.807, 2.05) is 18.7 Å². The van der Waals surface area contributed by atoms with E-state index in [-0.39, 0.29) is 12.1 Å². The Morgan fingerprint density at radius 2 is 2.05 bits per heavy atom. The first kappa shape index (κ1) is 14.9. The van der Waals surface area contributed by atoms with Crippen LogP contribution in [-0.2, 0) is 0 Å². The standard InChI is InChI=1S/C15H26FN5/c1-2-19-9-13(16)15(14(17)10-19)20-6-3-12(4-7-20)21-8-5-18-11-21/h5,8,11-15H,2-4,6-7,9-10,17H2,1H3. The van der Waals surface area contributed by atoms with Crippen molar-refractivity contribution in [2.75, 3.05) is 32.7 Å². The molecule has 0 radical (unpaired) electrons. The molecule has 0 saturated carbocycles. The summed E-state index contributed by atoms with van der Waals surface area (Å²) < 4.78 is 16.7. The van der Waals surface area contributed by atoms with Gasteiger partial charge in [0.15, 0.2) is 0 Å². The fraction of sp³-hybridized carbons (Fsp3) is 0.800. The maximum Gasteiger partial charge on any atom is 0.130 e. The molecule has 0 aromatic carbocycles. The maximum atomic E-state index is 14.5. The van der Waals surface area contributed by atoms with Gasteiger partial charge in [0.05, 0.1) is 12.4 Å². The van der Waals surface area contributed by atoms with Crippen molar-refractivity contribution in [2.24, 2.45) is 5.73 Å². The summed E-state index contributed by atoms with van der Waals surface area (Å²) in [4.78, 5) is 8.50. The number of alkyl halides is 1. The molecule has 3 unspecified atom stereocenters. The summed E-state index contributed by atoms with van der Waals surface area (Å²) in [7, 11) is 0. The molecule has 1 aromatic rings. The predicted octanol–water partition coefficient (Wildman–Crippen LogP) is 0.890. The molecule has 3 atom stereocenters. The number of hydrogen-bond acceptors (Lipinski definition) is 4. The molecule has 2 N–H and O–H groups in total. The van der Waals surface area contributed by atoms with Crippen LogP contribution in [0.5, 0.6) is 0 Å². The summed E-state index contributed by atoms with van der Waals surface area (Å²) in [5, 5.41) is 0. The fourth-order valence-corrected chi connectivity index (χ4v) is 3.83. The molecule has 0 spiro atoms. The lowest BCUT2D eigenvalue weighted by molar-refractivity contribution is 0.00665. The molecule has 3 heterocycles. The van der Waals surface area contributed by atoms with E-state index in [0.717, 1.165) is 39.0 Å². The molecular weight excluding hydrogens is 269 g/mol. The van der Waals surface area contributed by atoms with Crippen molar-refractivity contribution in [3.63, 3.8) is 0 Å². The first-order valence-electron chi connectivity index (χ1n) is 8.02. The minimum absolute atomic E-state index is 0.0847. The molecule has 2 saturated heterocycles. The SMILES string of the molecule is CCN1CC(N)C(N2CCC(n3ccnc3)CC2)C(F)C1. The van der Waals surface area contributed by atoms with Crippen molar-refractivity contribution in [3.8, 4) is 0 Å². The van der Waals surface area contributed by atoms with E-state index in [2.05, 4.69) is 26.3 Å². The van der Waals surface area contributed by atoms with E-state index in [1.54, 1.807) is 0 Å². The Balaban J connectivity index is 1.59. The molecule has 0 amide bonds. The third-order valence-electron chi connectivity index (χ3n) is 5.03. The van der Waals surface area contributed by atoms with Gasteiger partial charge in [-0.1, -0.05) is 6.92 Å². The zero-order chi connectivity index (χ0) is 14.8. The van der Waals surface area contributed by atoms with Crippen molar-refractivity contribution in [2.45, 2.75) is 44.1 Å². The van der Waals surface area contributed by atoms with Crippen LogP contribution in [0.3, 0.4) is 0 Å². The third-order valence-corrected chi connectivity index (χ3v) is 5.03. The quantitative estimate of drug-likeness (QED) is 0.900. The maximum absolute atomic E-state index is 14.5. The molecule has 21 heavy (non-hydrogen) atoms. The molecule has 1 aromatic heterocycles. The van der Waals surface area contributed by atoms with Gasteiger partial charge in [0.1, 0.15) is 6.17 Å². The Kier molecular flexibility index (Phi) is 4.57. The number of likely N-dealkylation sites (N-methyl/N-ethyl adjacent to an activating group) is 1. The summed E-state index contributed by atoms with van der Waals surface area (Å²) in [6.45, 7) is 6.13. The highest BCUT2D eigenvalue weighted by Gasteiger charge is 2.39. The highest BCUT2D eigenvalue weighted by molar-refractivity contribution is 4.97. The third kappa shape index (κ3) is 3.12. The van der Waals surface area contributed by atoms with Crippen LogP contribution in [0.4, 0.5) is 4.39 Å². The largest absolute Gasteiger partial charge is 0.334 e. The number of likely N-dealkylation sites (tertiary alicyclic amines) is 2. The van der Waals surface area contributed by atoms with Crippen molar-refractivity contribution in [1.82, 2.24) is 19.4 Å². The first-order chi connectivity index (χ1) is 10.2. The second kappa shape index (κ2) is 6.42. The van der Waals surface area contributed by atoms with Crippen molar-refractivity contribution < 1.29 is 4.39 Å². The zero-order valence-electron chi connectivity index (χ0n) is 12.7. The van der Waals surface area contributed by atoms with Gasteiger partial charge in [-0.3, -0.25) is 9.80 Å². The Morgan fingerprint density at radius 3 is 2.62 bits per heavy atom. The average molecular weight is 295 g/mol. The number of imidazole rings is 1. The van der Waals surface area contributed by atoms with Crippen molar-refractivity contribution in [1.29, 1.82) is 0 Å². The van der Waals surface area contributed by atoms with Crippen molar-refractivity contribution >= 4 is 0 Å². The number of rotatable bonds is 3. The first-order valence-corrected chi connectivity index (χ1v) is 8.02. The number of aromatic nitrogens is 2. The van der Waals surface area contributed by atoms with E-state index in [4.69, 9.17) is 5.73 Å². The molecule has 0 aliphatic carbocycles. The van der Waals surface area contributed by atoms with Gasteiger partial charge < -0.3 is 10.3 Å². The molecule has 3 rings (SSSR count). The lowest BCUT2D eigenvalue weighted by Gasteiger charge is -2.46.